The standard InChI is InChI=1S/C16H21NOS/c1-13-7-9-14(10-8-13)18-15(5-2-3-11-17)16-6-4-12-19-16/h4,6-10,12,15H,2-3,5,11,17H2,1H3. The van der Waals surface area contributed by atoms with Crippen molar-refractivity contribution in [1.29, 1.82) is 0 Å². The molecule has 0 fully saturated rings. The van der Waals surface area contributed by atoms with E-state index in [0.717, 1.165) is 31.6 Å². The Hall–Kier alpha value is -1.32. The van der Waals surface area contributed by atoms with E-state index in [1.54, 1.807) is 11.3 Å². The van der Waals surface area contributed by atoms with E-state index in [9.17, 15) is 0 Å². The van der Waals surface area contributed by atoms with Gasteiger partial charge in [-0.05, 0) is 56.3 Å². The Labute approximate surface area is 119 Å². The smallest absolute Gasteiger partial charge is 0.133 e. The second-order valence-electron chi connectivity index (χ2n) is 4.72. The molecule has 1 aromatic heterocycles. The van der Waals surface area contributed by atoms with Crippen LogP contribution in [0.3, 0.4) is 0 Å². The van der Waals surface area contributed by atoms with E-state index in [4.69, 9.17) is 10.5 Å². The minimum Gasteiger partial charge on any atom is -0.485 e. The highest BCUT2D eigenvalue weighted by molar-refractivity contribution is 7.10. The highest BCUT2D eigenvalue weighted by Gasteiger charge is 2.14. The summed E-state index contributed by atoms with van der Waals surface area (Å²) >= 11 is 1.76. The van der Waals surface area contributed by atoms with E-state index in [1.165, 1.54) is 10.4 Å². The molecule has 0 saturated carbocycles. The van der Waals surface area contributed by atoms with Crippen LogP contribution < -0.4 is 10.5 Å². The Balaban J connectivity index is 2.02. The van der Waals surface area contributed by atoms with E-state index in [1.807, 2.05) is 12.1 Å². The maximum Gasteiger partial charge on any atom is 0.133 e. The van der Waals surface area contributed by atoms with E-state index >= 15 is 0 Å². The average molecular weight is 275 g/mol. The van der Waals surface area contributed by atoms with Gasteiger partial charge in [0.1, 0.15) is 11.9 Å². The largest absolute Gasteiger partial charge is 0.485 e. The molecule has 0 saturated heterocycles. The van der Waals surface area contributed by atoms with Crippen LogP contribution in [0.2, 0.25) is 0 Å². The number of nitrogens with two attached hydrogens (primary N) is 1. The van der Waals surface area contributed by atoms with Gasteiger partial charge >= 0.3 is 0 Å². The lowest BCUT2D eigenvalue weighted by Crippen LogP contribution is -2.07. The summed E-state index contributed by atoms with van der Waals surface area (Å²) in [5.41, 5.74) is 6.82. The van der Waals surface area contributed by atoms with Gasteiger partial charge in [-0.1, -0.05) is 23.8 Å². The third kappa shape index (κ3) is 4.37. The molecule has 0 bridgehead atoms. The molecule has 102 valence electrons. The molecule has 0 aliphatic carbocycles. The first kappa shape index (κ1) is 14.1. The van der Waals surface area contributed by atoms with Crippen molar-refractivity contribution in [2.75, 3.05) is 6.54 Å². The SMILES string of the molecule is Cc1ccc(OC(CCCCN)c2cccs2)cc1. The number of rotatable bonds is 7. The molecule has 1 heterocycles. The van der Waals surface area contributed by atoms with Crippen molar-refractivity contribution in [3.8, 4) is 5.75 Å². The van der Waals surface area contributed by atoms with Crippen LogP contribution in [-0.2, 0) is 0 Å². The van der Waals surface area contributed by atoms with Crippen LogP contribution in [0.15, 0.2) is 41.8 Å². The number of unbranched alkanes of at least 4 members (excludes halogenated alkanes) is 1. The zero-order valence-corrected chi connectivity index (χ0v) is 12.2. The number of hydrogen-bond acceptors (Lipinski definition) is 3. The average Bonchev–Trinajstić information content (AvgIpc) is 2.94. The first-order valence-electron chi connectivity index (χ1n) is 6.76. The van der Waals surface area contributed by atoms with Crippen molar-refractivity contribution in [3.63, 3.8) is 0 Å². The monoisotopic (exact) mass is 275 g/mol. The summed E-state index contributed by atoms with van der Waals surface area (Å²) in [5.74, 6) is 0.941. The predicted octanol–water partition coefficient (Wildman–Crippen LogP) is 4.31. The number of ether oxygens (including phenoxy) is 1. The topological polar surface area (TPSA) is 35.2 Å². The summed E-state index contributed by atoms with van der Waals surface area (Å²) in [6, 6.07) is 12.5. The lowest BCUT2D eigenvalue weighted by atomic mass is 10.1. The Bertz CT molecular complexity index is 464. The Kier molecular flexibility index (Phi) is 5.43. The molecule has 3 heteroatoms. The molecule has 2 N–H and O–H groups in total. The van der Waals surface area contributed by atoms with Crippen LogP contribution in [0, 0.1) is 6.92 Å². The summed E-state index contributed by atoms with van der Waals surface area (Å²) in [6.07, 6.45) is 3.32. The minimum atomic E-state index is 0.147. The van der Waals surface area contributed by atoms with Crippen molar-refractivity contribution in [2.24, 2.45) is 5.73 Å². The van der Waals surface area contributed by atoms with E-state index in [-0.39, 0.29) is 6.10 Å². The minimum absolute atomic E-state index is 0.147. The van der Waals surface area contributed by atoms with Gasteiger partial charge in [-0.15, -0.1) is 11.3 Å². The highest BCUT2D eigenvalue weighted by atomic mass is 32.1. The van der Waals surface area contributed by atoms with Crippen LogP contribution in [0.25, 0.3) is 0 Å². The van der Waals surface area contributed by atoms with Crippen LogP contribution in [0.1, 0.15) is 35.8 Å². The second-order valence-corrected chi connectivity index (χ2v) is 5.70. The lowest BCUT2D eigenvalue weighted by molar-refractivity contribution is 0.195. The lowest BCUT2D eigenvalue weighted by Gasteiger charge is -2.18. The first-order valence-corrected chi connectivity index (χ1v) is 7.64. The van der Waals surface area contributed by atoms with Crippen molar-refractivity contribution >= 4 is 11.3 Å². The Morgan fingerprint density at radius 1 is 1.16 bits per heavy atom. The number of thiophene rings is 1. The normalized spacial score (nSPS) is 12.3. The summed E-state index contributed by atoms with van der Waals surface area (Å²) in [6.45, 7) is 2.84. The van der Waals surface area contributed by atoms with Gasteiger partial charge in [0.05, 0.1) is 0 Å². The molecule has 2 aromatic rings. The Morgan fingerprint density at radius 2 is 1.95 bits per heavy atom. The van der Waals surface area contributed by atoms with Crippen LogP contribution in [0.4, 0.5) is 0 Å². The first-order chi connectivity index (χ1) is 9.29. The van der Waals surface area contributed by atoms with Crippen molar-refractivity contribution < 1.29 is 4.74 Å². The van der Waals surface area contributed by atoms with E-state index < -0.39 is 0 Å². The second kappa shape index (κ2) is 7.31. The van der Waals surface area contributed by atoms with E-state index in [0.29, 0.717) is 0 Å². The molecule has 1 unspecified atom stereocenters. The number of hydrogen-bond donors (Lipinski definition) is 1. The molecular weight excluding hydrogens is 254 g/mol. The maximum atomic E-state index is 6.13. The van der Waals surface area contributed by atoms with Gasteiger partial charge in [-0.25, -0.2) is 0 Å². The molecule has 0 aliphatic rings. The zero-order valence-electron chi connectivity index (χ0n) is 11.3. The van der Waals surface area contributed by atoms with Gasteiger partial charge in [-0.2, -0.15) is 0 Å². The van der Waals surface area contributed by atoms with Gasteiger partial charge in [0.15, 0.2) is 0 Å². The maximum absolute atomic E-state index is 6.13. The molecule has 0 spiro atoms. The molecule has 2 rings (SSSR count). The van der Waals surface area contributed by atoms with Gasteiger partial charge in [0, 0.05) is 4.88 Å². The van der Waals surface area contributed by atoms with Crippen molar-refractivity contribution in [1.82, 2.24) is 0 Å². The molecule has 0 radical (unpaired) electrons. The van der Waals surface area contributed by atoms with Gasteiger partial charge in [-0.3, -0.25) is 0 Å². The third-order valence-electron chi connectivity index (χ3n) is 3.08. The summed E-state index contributed by atoms with van der Waals surface area (Å²) in [4.78, 5) is 1.29. The van der Waals surface area contributed by atoms with Crippen molar-refractivity contribution in [2.45, 2.75) is 32.3 Å². The third-order valence-corrected chi connectivity index (χ3v) is 4.04. The molecular formula is C16H21NOS. The van der Waals surface area contributed by atoms with Gasteiger partial charge < -0.3 is 10.5 Å². The van der Waals surface area contributed by atoms with E-state index in [2.05, 4.69) is 36.6 Å². The van der Waals surface area contributed by atoms with Crippen molar-refractivity contribution in [3.05, 3.63) is 52.2 Å². The highest BCUT2D eigenvalue weighted by Crippen LogP contribution is 2.29. The fourth-order valence-corrected chi connectivity index (χ4v) is 2.78. The van der Waals surface area contributed by atoms with Crippen LogP contribution in [-0.4, -0.2) is 6.54 Å². The zero-order chi connectivity index (χ0) is 13.5. The molecule has 0 amide bonds. The number of aryl methyl sites for hydroxylation is 1. The quantitative estimate of drug-likeness (QED) is 0.764. The fraction of sp³-hybridized carbons (Fsp3) is 0.375. The summed E-state index contributed by atoms with van der Waals surface area (Å²) < 4.78 is 6.13. The van der Waals surface area contributed by atoms with Crippen LogP contribution >= 0.6 is 11.3 Å². The van der Waals surface area contributed by atoms with Gasteiger partial charge in [0.2, 0.25) is 0 Å². The summed E-state index contributed by atoms with van der Waals surface area (Å²) in [7, 11) is 0. The van der Waals surface area contributed by atoms with Crippen LogP contribution in [0.5, 0.6) is 5.75 Å². The predicted molar refractivity (Wildman–Crippen MR) is 81.8 cm³/mol. The summed E-state index contributed by atoms with van der Waals surface area (Å²) in [5, 5.41) is 2.10. The fourth-order valence-electron chi connectivity index (χ4n) is 1.99. The molecule has 1 aromatic carbocycles. The van der Waals surface area contributed by atoms with Gasteiger partial charge in [0.25, 0.3) is 0 Å². The molecule has 2 nitrogen and oxygen atoms in total. The molecule has 0 aliphatic heterocycles. The Morgan fingerprint density at radius 3 is 2.58 bits per heavy atom. The molecule has 19 heavy (non-hydrogen) atoms. The number of benzene rings is 1. The molecule has 1 atom stereocenters.